The molecule has 0 spiro atoms. The van der Waals surface area contributed by atoms with E-state index in [1.165, 1.54) is 23.9 Å². The lowest BCUT2D eigenvalue weighted by atomic mass is 10.1. The molecule has 1 aromatic carbocycles. The molecule has 0 fully saturated rings. The molecule has 7 heteroatoms. The van der Waals surface area contributed by atoms with Crippen LogP contribution in [0.4, 0.5) is 10.3 Å². The van der Waals surface area contributed by atoms with Gasteiger partial charge in [0, 0.05) is 23.2 Å². The first-order valence-electron chi connectivity index (χ1n) is 7.94. The number of aromatic nitrogens is 2. The fraction of sp³-hybridized carbons (Fsp3) is 0.353. The van der Waals surface area contributed by atoms with Crippen molar-refractivity contribution in [2.24, 2.45) is 0 Å². The lowest BCUT2D eigenvalue weighted by Crippen LogP contribution is -2.19. The Labute approximate surface area is 144 Å². The lowest BCUT2D eigenvalue weighted by Gasteiger charge is -2.05. The summed E-state index contributed by atoms with van der Waals surface area (Å²) < 4.78 is 13.0. The van der Waals surface area contributed by atoms with Gasteiger partial charge in [-0.25, -0.2) is 19.8 Å². The second-order valence-electron chi connectivity index (χ2n) is 5.46. The van der Waals surface area contributed by atoms with E-state index in [-0.39, 0.29) is 15.7 Å². The molecule has 0 radical (unpaired) electrons. The summed E-state index contributed by atoms with van der Waals surface area (Å²) in [5, 5.41) is 11.6. The number of carbonyl (C=O) groups excluding carboxylic acids is 1. The third kappa shape index (κ3) is 5.92. The molecule has 0 bridgehead atoms. The molecule has 2 rings (SSSR count). The zero-order valence-corrected chi connectivity index (χ0v) is 13.3. The number of rotatable bonds is 9. The molecule has 0 aliphatic heterocycles. The van der Waals surface area contributed by atoms with Crippen LogP contribution in [0.2, 0.25) is 0 Å². The SMILES string of the molecule is O=C(NO)c1cnc(NCCCCCCc2cccc(F)c2)nc1.[HH].[HH].[HH]. The fourth-order valence-corrected chi connectivity index (χ4v) is 2.30. The number of hydrogen-bond acceptors (Lipinski definition) is 5. The van der Waals surface area contributed by atoms with Crippen LogP contribution in [-0.2, 0) is 6.42 Å². The summed E-state index contributed by atoms with van der Waals surface area (Å²) in [7, 11) is 0. The second kappa shape index (κ2) is 9.57. The van der Waals surface area contributed by atoms with Crippen LogP contribution in [0.5, 0.6) is 0 Å². The monoisotopic (exact) mass is 338 g/mol. The van der Waals surface area contributed by atoms with Gasteiger partial charge in [-0.15, -0.1) is 0 Å². The van der Waals surface area contributed by atoms with Gasteiger partial charge in [0.15, 0.2) is 0 Å². The summed E-state index contributed by atoms with van der Waals surface area (Å²) in [6.07, 6.45) is 7.74. The molecule has 6 nitrogen and oxygen atoms in total. The molecule has 0 saturated carbocycles. The number of benzene rings is 1. The highest BCUT2D eigenvalue weighted by Crippen LogP contribution is 2.10. The smallest absolute Gasteiger partial charge is 0.277 e. The Bertz CT molecular complexity index is 663. The summed E-state index contributed by atoms with van der Waals surface area (Å²) in [5.41, 5.74) is 2.76. The Morgan fingerprint density at radius 2 is 1.92 bits per heavy atom. The van der Waals surface area contributed by atoms with Crippen molar-refractivity contribution >= 4 is 11.9 Å². The number of carbonyl (C=O) groups is 1. The molecule has 0 unspecified atom stereocenters. The van der Waals surface area contributed by atoms with E-state index in [9.17, 15) is 9.18 Å². The Morgan fingerprint density at radius 1 is 1.17 bits per heavy atom. The maximum atomic E-state index is 13.0. The topological polar surface area (TPSA) is 87.1 Å². The van der Waals surface area contributed by atoms with Gasteiger partial charge in [-0.2, -0.15) is 0 Å². The summed E-state index contributed by atoms with van der Waals surface area (Å²) in [5.74, 6) is -0.372. The minimum absolute atomic E-state index is 0. The molecule has 0 aliphatic carbocycles. The number of nitrogens with zero attached hydrogens (tertiary/aromatic N) is 2. The first kappa shape index (κ1) is 17.8. The molecule has 0 saturated heterocycles. The molecular weight excluding hydrogens is 311 g/mol. The van der Waals surface area contributed by atoms with E-state index in [2.05, 4.69) is 15.3 Å². The normalized spacial score (nSPS) is 10.4. The van der Waals surface area contributed by atoms with Gasteiger partial charge in [0.2, 0.25) is 5.95 Å². The zero-order valence-electron chi connectivity index (χ0n) is 13.3. The van der Waals surface area contributed by atoms with Gasteiger partial charge >= 0.3 is 0 Å². The Morgan fingerprint density at radius 3 is 2.62 bits per heavy atom. The van der Waals surface area contributed by atoms with Crippen molar-refractivity contribution in [3.05, 3.63) is 53.6 Å². The summed E-state index contributed by atoms with van der Waals surface area (Å²) in [6, 6.07) is 6.73. The van der Waals surface area contributed by atoms with Gasteiger partial charge in [-0.05, 0) is 37.0 Å². The third-order valence-corrected chi connectivity index (χ3v) is 3.58. The van der Waals surface area contributed by atoms with E-state index >= 15 is 0 Å². The molecule has 1 heterocycles. The van der Waals surface area contributed by atoms with Crippen molar-refractivity contribution < 1.29 is 18.7 Å². The van der Waals surface area contributed by atoms with Crippen LogP contribution >= 0.6 is 0 Å². The summed E-state index contributed by atoms with van der Waals surface area (Å²) >= 11 is 0. The number of aryl methyl sites for hydroxylation is 1. The fourth-order valence-electron chi connectivity index (χ4n) is 2.30. The van der Waals surface area contributed by atoms with Gasteiger partial charge in [-0.3, -0.25) is 10.0 Å². The predicted molar refractivity (Wildman–Crippen MR) is 94.7 cm³/mol. The standard InChI is InChI=1S/C17H21FN4O2.3H2/c18-15-8-5-7-13(10-15)6-3-1-2-4-9-19-17-20-11-14(12-21-17)16(23)22-24;;;/h5,7-8,10-12,24H,1-4,6,9H2,(H,22,23)(H,19,20,21);3*1H. The summed E-state index contributed by atoms with van der Waals surface area (Å²) in [6.45, 7) is 0.742. The van der Waals surface area contributed by atoms with E-state index in [0.717, 1.165) is 44.2 Å². The number of nitrogens with one attached hydrogen (secondary N) is 2. The minimum atomic E-state index is -0.639. The molecule has 134 valence electrons. The van der Waals surface area contributed by atoms with Gasteiger partial charge in [0.1, 0.15) is 5.82 Å². The maximum Gasteiger partial charge on any atom is 0.277 e. The van der Waals surface area contributed by atoms with E-state index in [1.54, 1.807) is 12.1 Å². The number of halogens is 1. The minimum Gasteiger partial charge on any atom is -0.354 e. The summed E-state index contributed by atoms with van der Waals surface area (Å²) in [4.78, 5) is 19.1. The van der Waals surface area contributed by atoms with Gasteiger partial charge in [-0.1, -0.05) is 25.0 Å². The van der Waals surface area contributed by atoms with Crippen molar-refractivity contribution in [1.82, 2.24) is 15.4 Å². The van der Waals surface area contributed by atoms with Gasteiger partial charge < -0.3 is 5.32 Å². The number of unbranched alkanes of at least 4 members (excludes halogenated alkanes) is 3. The quantitative estimate of drug-likeness (QED) is 0.369. The first-order chi connectivity index (χ1) is 11.7. The van der Waals surface area contributed by atoms with Gasteiger partial charge in [0.25, 0.3) is 5.91 Å². The average Bonchev–Trinajstić information content (AvgIpc) is 2.61. The highest BCUT2D eigenvalue weighted by atomic mass is 19.1. The lowest BCUT2D eigenvalue weighted by molar-refractivity contribution is 0.0705. The molecule has 3 N–H and O–H groups in total. The van der Waals surface area contributed by atoms with Crippen LogP contribution < -0.4 is 10.8 Å². The number of amides is 1. The van der Waals surface area contributed by atoms with Crippen LogP contribution in [0.1, 0.15) is 45.9 Å². The van der Waals surface area contributed by atoms with Crippen molar-refractivity contribution in [2.45, 2.75) is 32.1 Å². The van der Waals surface area contributed by atoms with E-state index in [1.807, 2.05) is 6.07 Å². The molecule has 24 heavy (non-hydrogen) atoms. The number of anilines is 1. The van der Waals surface area contributed by atoms with Crippen molar-refractivity contribution in [2.75, 3.05) is 11.9 Å². The molecule has 1 aromatic heterocycles. The zero-order chi connectivity index (χ0) is 17.2. The van der Waals surface area contributed by atoms with E-state index < -0.39 is 5.91 Å². The molecule has 1 amide bonds. The highest BCUT2D eigenvalue weighted by molar-refractivity contribution is 5.92. The maximum absolute atomic E-state index is 13.0. The third-order valence-electron chi connectivity index (χ3n) is 3.58. The Hall–Kier alpha value is -2.54. The molecule has 0 aliphatic rings. The second-order valence-corrected chi connectivity index (χ2v) is 5.46. The number of hydroxylamine groups is 1. The van der Waals surface area contributed by atoms with Crippen LogP contribution in [0.3, 0.4) is 0 Å². The Kier molecular flexibility index (Phi) is 7.10. The van der Waals surface area contributed by atoms with Crippen LogP contribution in [0.25, 0.3) is 0 Å². The van der Waals surface area contributed by atoms with Crippen LogP contribution in [0, 0.1) is 5.82 Å². The van der Waals surface area contributed by atoms with E-state index in [0.29, 0.717) is 5.95 Å². The van der Waals surface area contributed by atoms with Gasteiger partial charge in [0.05, 0.1) is 5.56 Å². The average molecular weight is 338 g/mol. The Balaban J connectivity index is 0. The molecule has 0 atom stereocenters. The first-order valence-corrected chi connectivity index (χ1v) is 7.94. The van der Waals surface area contributed by atoms with Crippen molar-refractivity contribution in [3.63, 3.8) is 0 Å². The van der Waals surface area contributed by atoms with Crippen molar-refractivity contribution in [1.29, 1.82) is 0 Å². The van der Waals surface area contributed by atoms with Crippen molar-refractivity contribution in [3.8, 4) is 0 Å². The molecular formula is C17H27FN4O2. The predicted octanol–water partition coefficient (Wildman–Crippen LogP) is 3.69. The van der Waals surface area contributed by atoms with E-state index in [4.69, 9.17) is 5.21 Å². The van der Waals surface area contributed by atoms with Crippen LogP contribution in [0.15, 0.2) is 36.7 Å². The van der Waals surface area contributed by atoms with Crippen LogP contribution in [-0.4, -0.2) is 27.6 Å². The largest absolute Gasteiger partial charge is 0.354 e. The number of hydrogen-bond donors (Lipinski definition) is 3. The molecule has 2 aromatic rings. The highest BCUT2D eigenvalue weighted by Gasteiger charge is 2.05.